The van der Waals surface area contributed by atoms with Gasteiger partial charge in [-0.15, -0.1) is 0 Å². The van der Waals surface area contributed by atoms with Crippen LogP contribution in [-0.4, -0.2) is 158 Å². The van der Waals surface area contributed by atoms with Crippen LogP contribution in [0.4, 0.5) is 0 Å². The smallest absolute Gasteiger partial charge is 0.128 e. The van der Waals surface area contributed by atoms with Gasteiger partial charge in [-0.1, -0.05) is 214 Å². The van der Waals surface area contributed by atoms with Crippen molar-refractivity contribution in [2.45, 2.75) is 353 Å². The van der Waals surface area contributed by atoms with Gasteiger partial charge < -0.3 is 28.1 Å². The highest BCUT2D eigenvalue weighted by Crippen LogP contribution is 2.41. The van der Waals surface area contributed by atoms with E-state index in [4.69, 9.17) is 9.98 Å². The van der Waals surface area contributed by atoms with Crippen molar-refractivity contribution >= 4 is 12.4 Å². The van der Waals surface area contributed by atoms with E-state index in [9.17, 15) is 10.2 Å². The standard InChI is InChI=1S/C86H162N6O2/c1-19-31-53-89(54-32-20-2,55-33-21-3)65-43-47-75(48-44-66-90(56-34-22-4,57-35-23-5)58-36-24-6)77-69-79(83(93)81(71-77)85(13,14)15)73-87-51-52-88-74-80-70-78(72-82(84(80)94)86(16,17)18)76(49-45-67-91(59-37-25-7,60-38-26-8)61-39-27-9)50-46-68-92(62-40-28-10,63-41-29-11)64-42-30-12/h69-76H,19-68H2,1-18H3/q+2/p+2. The molecule has 8 nitrogen and oxygen atoms in total. The molecule has 0 aliphatic carbocycles. The van der Waals surface area contributed by atoms with Crippen molar-refractivity contribution in [2.75, 3.05) is 118 Å². The summed E-state index contributed by atoms with van der Waals surface area (Å²) in [6, 6.07) is 9.47. The van der Waals surface area contributed by atoms with Crippen LogP contribution in [0, 0.1) is 0 Å². The molecule has 0 aliphatic rings. The number of benzene rings is 2. The minimum absolute atomic E-state index is 0.235. The van der Waals surface area contributed by atoms with Crippen molar-refractivity contribution in [3.63, 3.8) is 0 Å². The van der Waals surface area contributed by atoms with Gasteiger partial charge in [0.2, 0.25) is 0 Å². The average Bonchev–Trinajstić information content (AvgIpc) is 0.806. The Balaban J connectivity index is 2.77. The van der Waals surface area contributed by atoms with Gasteiger partial charge in [0, 0.05) is 34.7 Å². The average molecular weight is 1310 g/mol. The summed E-state index contributed by atoms with van der Waals surface area (Å²) >= 11 is 0. The predicted molar refractivity (Wildman–Crippen MR) is 419 cm³/mol. The molecule has 2 aromatic carbocycles. The van der Waals surface area contributed by atoms with E-state index in [1.165, 1.54) is 339 Å². The van der Waals surface area contributed by atoms with Crippen LogP contribution >= 0.6 is 0 Å². The topological polar surface area (TPSA) is 65.2 Å². The molecule has 0 amide bonds. The van der Waals surface area contributed by atoms with Crippen LogP contribution in [0.25, 0.3) is 0 Å². The zero-order chi connectivity index (χ0) is 69.8. The lowest BCUT2D eigenvalue weighted by atomic mass is 9.80. The number of hydrogen-bond acceptors (Lipinski definition) is 4. The van der Waals surface area contributed by atoms with Crippen LogP contribution < -0.4 is 0 Å². The third-order valence-corrected chi connectivity index (χ3v) is 22.3. The number of phenols is 2. The summed E-state index contributed by atoms with van der Waals surface area (Å²) in [5, 5.41) is 24.5. The summed E-state index contributed by atoms with van der Waals surface area (Å²) in [5.74, 6) is 1.58. The molecule has 8 heteroatoms. The van der Waals surface area contributed by atoms with Crippen molar-refractivity contribution in [2.24, 2.45) is 9.98 Å². The number of hydrogen-bond donors (Lipinski definition) is 2. The van der Waals surface area contributed by atoms with Crippen LogP contribution in [0.2, 0.25) is 0 Å². The molecule has 0 fully saturated rings. The Morgan fingerprint density at radius 3 is 0.649 bits per heavy atom. The molecule has 2 rings (SSSR count). The molecule has 0 aliphatic heterocycles. The summed E-state index contributed by atoms with van der Waals surface area (Å²) in [6.07, 6.45) is 44.6. The number of aromatic hydroxyl groups is 2. The largest absolute Gasteiger partial charge is 0.507 e. The number of quaternary nitrogens is 4. The summed E-state index contributed by atoms with van der Waals surface area (Å²) in [7, 11) is 0. The number of rotatable bonds is 59. The Morgan fingerprint density at radius 1 is 0.298 bits per heavy atom. The van der Waals surface area contributed by atoms with Gasteiger partial charge in [-0.2, -0.15) is 0 Å². The highest BCUT2D eigenvalue weighted by atomic mass is 16.3. The van der Waals surface area contributed by atoms with E-state index in [1.54, 1.807) is 0 Å². The van der Waals surface area contributed by atoms with Gasteiger partial charge in [-0.25, -0.2) is 0 Å². The molecule has 2 N–H and O–H groups in total. The summed E-state index contributed by atoms with van der Waals surface area (Å²) in [4.78, 5) is 10.2. The summed E-state index contributed by atoms with van der Waals surface area (Å²) < 4.78 is 5.15. The summed E-state index contributed by atoms with van der Waals surface area (Å²) in [5.41, 5.74) is 6.05. The van der Waals surface area contributed by atoms with E-state index < -0.39 is 0 Å². The molecule has 546 valence electrons. The Morgan fingerprint density at radius 2 is 0.479 bits per heavy atom. The maximum absolute atomic E-state index is 12.3. The van der Waals surface area contributed by atoms with Gasteiger partial charge in [0.1, 0.15) is 11.5 Å². The van der Waals surface area contributed by atoms with Gasteiger partial charge in [-0.05, 0) is 174 Å². The lowest BCUT2D eigenvalue weighted by Gasteiger charge is -2.40. The van der Waals surface area contributed by atoms with E-state index in [2.05, 4.69) is 149 Å². The minimum Gasteiger partial charge on any atom is -0.507 e. The number of nitrogens with zero attached hydrogens (tertiary/aromatic N) is 6. The first kappa shape index (κ1) is 87.3. The lowest BCUT2D eigenvalue weighted by molar-refractivity contribution is -0.929. The predicted octanol–water partition coefficient (Wildman–Crippen LogP) is 23.4. The third-order valence-electron chi connectivity index (χ3n) is 22.3. The van der Waals surface area contributed by atoms with E-state index in [-0.39, 0.29) is 10.8 Å². The number of phenolic OH excluding ortho intramolecular Hbond substituents is 2. The second kappa shape index (κ2) is 48.9. The van der Waals surface area contributed by atoms with Crippen LogP contribution in [0.1, 0.15) is 375 Å². The van der Waals surface area contributed by atoms with Gasteiger partial charge in [0.25, 0.3) is 0 Å². The van der Waals surface area contributed by atoms with Crippen molar-refractivity contribution < 1.29 is 28.1 Å². The zero-order valence-corrected chi connectivity index (χ0v) is 66.6. The fourth-order valence-corrected chi connectivity index (χ4v) is 15.9. The lowest BCUT2D eigenvalue weighted by Crippen LogP contribution is -2.51. The normalized spacial score (nSPS) is 13.2. The van der Waals surface area contributed by atoms with Gasteiger partial charge in [-0.3, -0.25) is 9.98 Å². The first-order valence-electron chi connectivity index (χ1n) is 41.2. The van der Waals surface area contributed by atoms with Crippen LogP contribution in [0.15, 0.2) is 34.3 Å². The van der Waals surface area contributed by atoms with Crippen LogP contribution in [-0.2, 0) is 10.8 Å². The van der Waals surface area contributed by atoms with Crippen molar-refractivity contribution in [3.8, 4) is 11.5 Å². The molecule has 0 radical (unpaired) electrons. The Labute approximate surface area is 587 Å². The van der Waals surface area contributed by atoms with Crippen molar-refractivity contribution in [1.82, 2.24) is 0 Å². The van der Waals surface area contributed by atoms with Crippen molar-refractivity contribution in [1.29, 1.82) is 0 Å². The molecule has 0 bridgehead atoms. The third kappa shape index (κ3) is 32.5. The molecule has 0 saturated carbocycles. The van der Waals surface area contributed by atoms with E-state index >= 15 is 0 Å². The fraction of sp³-hybridized carbons (Fsp3) is 0.837. The highest BCUT2D eigenvalue weighted by Gasteiger charge is 2.33. The maximum Gasteiger partial charge on any atom is 0.128 e. The monoisotopic (exact) mass is 1310 g/mol. The molecule has 0 heterocycles. The molecule has 0 atom stereocenters. The molecule has 0 unspecified atom stereocenters. The molecule has 0 spiro atoms. The van der Waals surface area contributed by atoms with Gasteiger partial charge in [0.15, 0.2) is 0 Å². The Bertz CT molecular complexity index is 1950. The van der Waals surface area contributed by atoms with Gasteiger partial charge >= 0.3 is 0 Å². The zero-order valence-electron chi connectivity index (χ0n) is 66.6. The first-order chi connectivity index (χ1) is 45.1. The van der Waals surface area contributed by atoms with Crippen LogP contribution in [0.3, 0.4) is 0 Å². The maximum atomic E-state index is 12.3. The molecule has 0 saturated heterocycles. The van der Waals surface area contributed by atoms with Crippen LogP contribution in [0.5, 0.6) is 11.5 Å². The molecule has 0 aromatic heterocycles. The molecular formula is C86H164N6O2+4. The number of aliphatic imine (C=N–C) groups is 2. The van der Waals surface area contributed by atoms with E-state index in [1.807, 2.05) is 12.4 Å². The second-order valence-corrected chi connectivity index (χ2v) is 32.7. The Kier molecular flexibility index (Phi) is 45.4. The van der Waals surface area contributed by atoms with Crippen molar-refractivity contribution in [3.05, 3.63) is 57.6 Å². The molecular weight excluding hydrogens is 1150 g/mol. The summed E-state index contributed by atoms with van der Waals surface area (Å²) in [6.45, 7) is 64.0. The number of unbranched alkanes of at least 4 members (excludes halogenated alkanes) is 12. The first-order valence-corrected chi connectivity index (χ1v) is 41.2. The van der Waals surface area contributed by atoms with Gasteiger partial charge in [0.05, 0.1) is 118 Å². The minimum atomic E-state index is -0.235. The van der Waals surface area contributed by atoms with E-state index in [0.717, 1.165) is 22.3 Å². The molecule has 94 heavy (non-hydrogen) atoms. The molecule has 2 aromatic rings. The van der Waals surface area contributed by atoms with E-state index in [0.29, 0.717) is 36.4 Å². The Hall–Kier alpha value is -2.78. The highest BCUT2D eigenvalue weighted by molar-refractivity contribution is 5.86. The fourth-order valence-electron chi connectivity index (χ4n) is 15.9. The second-order valence-electron chi connectivity index (χ2n) is 32.7. The SMILES string of the molecule is CCCC[N+](CCCC)(CCCC)CCCC(CCC[N+](CCCC)(CCCC)CCCC)c1cc(C=NCCN=Cc2cc(C(CCC[N+](CCCC)(CCCC)CCCC)CCC[N+](CCCC)(CCCC)CCCC)cc(C(C)(C)C)c2O)c(O)c(C(C)(C)C)c1. The quantitative estimate of drug-likeness (QED) is 0.0394.